The number of nitrogens with zero attached hydrogens (tertiary/aromatic N) is 2. The van der Waals surface area contributed by atoms with Gasteiger partial charge in [-0.05, 0) is 6.08 Å². The first-order valence-electron chi connectivity index (χ1n) is 3.77. The van der Waals surface area contributed by atoms with E-state index in [4.69, 9.17) is 17.2 Å². The van der Waals surface area contributed by atoms with Crippen LogP contribution in [0.5, 0.6) is 0 Å². The van der Waals surface area contributed by atoms with Crippen molar-refractivity contribution in [3.8, 4) is 0 Å². The lowest BCUT2D eigenvalue weighted by Gasteiger charge is -1.96. The van der Waals surface area contributed by atoms with Crippen molar-refractivity contribution in [1.82, 2.24) is 9.78 Å². The van der Waals surface area contributed by atoms with E-state index in [1.165, 1.54) is 6.20 Å². The number of aryl methyl sites for hydroxylation is 1. The van der Waals surface area contributed by atoms with Crippen LogP contribution in [0.25, 0.3) is 5.57 Å². The lowest BCUT2D eigenvalue weighted by molar-refractivity contribution is 0.767. The fraction of sp³-hybridized carbons (Fsp3) is 0.125. The SMILES string of the molecule is Cn1cc(/C(C=C(N)N)=C/N)cn1. The van der Waals surface area contributed by atoms with Gasteiger partial charge in [-0.15, -0.1) is 0 Å². The normalized spacial score (nSPS) is 11.3. The summed E-state index contributed by atoms with van der Waals surface area (Å²) in [6.45, 7) is 0. The molecule has 1 rings (SSSR count). The van der Waals surface area contributed by atoms with Gasteiger partial charge >= 0.3 is 0 Å². The first kappa shape index (κ1) is 9.18. The standard InChI is InChI=1S/C8H13N5/c1-13-5-7(4-12-13)6(3-9)2-8(10)11/h2-5H,9-11H2,1H3/b6-3+. The molecular formula is C8H13N5. The molecule has 0 aliphatic carbocycles. The molecule has 1 aromatic heterocycles. The summed E-state index contributed by atoms with van der Waals surface area (Å²) >= 11 is 0. The minimum atomic E-state index is 0.223. The van der Waals surface area contributed by atoms with Crippen molar-refractivity contribution in [2.75, 3.05) is 0 Å². The first-order chi connectivity index (χ1) is 6.13. The third-order valence-corrected chi connectivity index (χ3v) is 1.54. The molecule has 1 heterocycles. The monoisotopic (exact) mass is 179 g/mol. The fourth-order valence-corrected chi connectivity index (χ4v) is 0.978. The van der Waals surface area contributed by atoms with Gasteiger partial charge in [0.25, 0.3) is 0 Å². The van der Waals surface area contributed by atoms with Crippen molar-refractivity contribution >= 4 is 5.57 Å². The zero-order chi connectivity index (χ0) is 9.84. The Bertz CT molecular complexity index is 343. The minimum Gasteiger partial charge on any atom is -0.404 e. The van der Waals surface area contributed by atoms with E-state index in [2.05, 4.69) is 5.10 Å². The average Bonchev–Trinajstić information content (AvgIpc) is 2.47. The second-order valence-electron chi connectivity index (χ2n) is 2.67. The molecule has 0 saturated heterocycles. The molecule has 13 heavy (non-hydrogen) atoms. The zero-order valence-electron chi connectivity index (χ0n) is 7.44. The van der Waals surface area contributed by atoms with Crippen LogP contribution < -0.4 is 17.2 Å². The van der Waals surface area contributed by atoms with Crippen LogP contribution in [-0.2, 0) is 7.05 Å². The molecule has 6 N–H and O–H groups in total. The third kappa shape index (κ3) is 2.26. The summed E-state index contributed by atoms with van der Waals surface area (Å²) in [4.78, 5) is 0. The van der Waals surface area contributed by atoms with Crippen molar-refractivity contribution in [3.63, 3.8) is 0 Å². The maximum Gasteiger partial charge on any atom is 0.0940 e. The van der Waals surface area contributed by atoms with E-state index in [1.807, 2.05) is 13.2 Å². The number of aromatic nitrogens is 2. The van der Waals surface area contributed by atoms with Crippen molar-refractivity contribution in [2.24, 2.45) is 24.2 Å². The summed E-state index contributed by atoms with van der Waals surface area (Å²) in [5.74, 6) is 0.223. The van der Waals surface area contributed by atoms with Gasteiger partial charge in [0.1, 0.15) is 0 Å². The van der Waals surface area contributed by atoms with E-state index in [9.17, 15) is 0 Å². The largest absolute Gasteiger partial charge is 0.404 e. The number of hydrogen-bond donors (Lipinski definition) is 3. The lowest BCUT2D eigenvalue weighted by Crippen LogP contribution is -2.08. The van der Waals surface area contributed by atoms with Gasteiger partial charge in [-0.1, -0.05) is 0 Å². The van der Waals surface area contributed by atoms with E-state index in [0.717, 1.165) is 11.1 Å². The Morgan fingerprint density at radius 1 is 1.54 bits per heavy atom. The molecule has 0 unspecified atom stereocenters. The van der Waals surface area contributed by atoms with Gasteiger partial charge in [-0.25, -0.2) is 0 Å². The Labute approximate surface area is 76.5 Å². The molecule has 0 saturated carbocycles. The fourth-order valence-electron chi connectivity index (χ4n) is 0.978. The summed E-state index contributed by atoms with van der Waals surface area (Å²) in [6, 6.07) is 0. The summed E-state index contributed by atoms with van der Waals surface area (Å²) in [7, 11) is 1.83. The maximum absolute atomic E-state index is 5.41. The van der Waals surface area contributed by atoms with Crippen LogP contribution in [0.1, 0.15) is 5.56 Å². The van der Waals surface area contributed by atoms with Crippen LogP contribution >= 0.6 is 0 Å². The molecular weight excluding hydrogens is 166 g/mol. The maximum atomic E-state index is 5.41. The van der Waals surface area contributed by atoms with Gasteiger partial charge in [0.15, 0.2) is 0 Å². The molecule has 0 fully saturated rings. The van der Waals surface area contributed by atoms with Gasteiger partial charge in [-0.3, -0.25) is 4.68 Å². The van der Waals surface area contributed by atoms with E-state index in [-0.39, 0.29) is 5.82 Å². The quantitative estimate of drug-likeness (QED) is 0.532. The van der Waals surface area contributed by atoms with Crippen molar-refractivity contribution in [3.05, 3.63) is 36.1 Å². The highest BCUT2D eigenvalue weighted by Crippen LogP contribution is 2.13. The molecule has 0 radical (unpaired) electrons. The van der Waals surface area contributed by atoms with Crippen molar-refractivity contribution in [1.29, 1.82) is 0 Å². The lowest BCUT2D eigenvalue weighted by atomic mass is 10.1. The predicted octanol–water partition coefficient (Wildman–Crippen LogP) is -0.521. The van der Waals surface area contributed by atoms with Gasteiger partial charge < -0.3 is 17.2 Å². The minimum absolute atomic E-state index is 0.223. The highest BCUT2D eigenvalue weighted by molar-refractivity contribution is 5.73. The summed E-state index contributed by atoms with van der Waals surface area (Å²) < 4.78 is 1.68. The van der Waals surface area contributed by atoms with Crippen LogP contribution in [0.3, 0.4) is 0 Å². The molecule has 0 bridgehead atoms. The zero-order valence-corrected chi connectivity index (χ0v) is 7.44. The average molecular weight is 179 g/mol. The Hall–Kier alpha value is -1.91. The molecule has 0 spiro atoms. The number of nitrogens with two attached hydrogens (primary N) is 3. The molecule has 0 aliphatic rings. The summed E-state index contributed by atoms with van der Waals surface area (Å²) in [5, 5.41) is 4.00. The number of allylic oxidation sites excluding steroid dienone is 2. The molecule has 0 amide bonds. The van der Waals surface area contributed by atoms with Crippen molar-refractivity contribution < 1.29 is 0 Å². The Kier molecular flexibility index (Phi) is 2.59. The summed E-state index contributed by atoms with van der Waals surface area (Å²) in [6.07, 6.45) is 6.56. The van der Waals surface area contributed by atoms with E-state index < -0.39 is 0 Å². The highest BCUT2D eigenvalue weighted by atomic mass is 15.2. The molecule has 0 aliphatic heterocycles. The smallest absolute Gasteiger partial charge is 0.0940 e. The molecule has 5 heteroatoms. The topological polar surface area (TPSA) is 95.9 Å². The molecule has 0 aromatic carbocycles. The van der Waals surface area contributed by atoms with Gasteiger partial charge in [0, 0.05) is 30.6 Å². The van der Waals surface area contributed by atoms with Crippen LogP contribution in [0.15, 0.2) is 30.5 Å². The molecule has 0 atom stereocenters. The highest BCUT2D eigenvalue weighted by Gasteiger charge is 2.00. The molecule has 70 valence electrons. The third-order valence-electron chi connectivity index (χ3n) is 1.54. The summed E-state index contributed by atoms with van der Waals surface area (Å²) in [5.41, 5.74) is 17.7. The van der Waals surface area contributed by atoms with Gasteiger partial charge in [0.05, 0.1) is 12.0 Å². The van der Waals surface area contributed by atoms with Crippen LogP contribution in [0.4, 0.5) is 0 Å². The second kappa shape index (κ2) is 3.66. The first-order valence-corrected chi connectivity index (χ1v) is 3.77. The Balaban J connectivity index is 2.99. The van der Waals surface area contributed by atoms with Crippen LogP contribution in [-0.4, -0.2) is 9.78 Å². The van der Waals surface area contributed by atoms with E-state index >= 15 is 0 Å². The number of rotatable bonds is 2. The van der Waals surface area contributed by atoms with E-state index in [0.29, 0.717) is 0 Å². The predicted molar refractivity (Wildman–Crippen MR) is 51.8 cm³/mol. The Morgan fingerprint density at radius 3 is 2.62 bits per heavy atom. The second-order valence-corrected chi connectivity index (χ2v) is 2.67. The van der Waals surface area contributed by atoms with Gasteiger partial charge in [-0.2, -0.15) is 5.10 Å². The number of hydrogen-bond acceptors (Lipinski definition) is 4. The van der Waals surface area contributed by atoms with Crippen LogP contribution in [0.2, 0.25) is 0 Å². The van der Waals surface area contributed by atoms with Crippen molar-refractivity contribution in [2.45, 2.75) is 0 Å². The van der Waals surface area contributed by atoms with Crippen LogP contribution in [0, 0.1) is 0 Å². The van der Waals surface area contributed by atoms with E-state index in [1.54, 1.807) is 17.0 Å². The molecule has 1 aromatic rings. The Morgan fingerprint density at radius 2 is 2.23 bits per heavy atom. The van der Waals surface area contributed by atoms with Gasteiger partial charge in [0.2, 0.25) is 0 Å². The molecule has 5 nitrogen and oxygen atoms in total.